The topological polar surface area (TPSA) is 72.7 Å². The van der Waals surface area contributed by atoms with Crippen LogP contribution in [-0.2, 0) is 16.1 Å². The lowest BCUT2D eigenvalue weighted by atomic mass is 10.1. The van der Waals surface area contributed by atoms with Gasteiger partial charge >= 0.3 is 5.97 Å². The Morgan fingerprint density at radius 2 is 2.35 bits per heavy atom. The number of benzene rings is 1. The molecule has 1 aromatic carbocycles. The van der Waals surface area contributed by atoms with E-state index in [0.717, 1.165) is 24.9 Å². The van der Waals surface area contributed by atoms with E-state index < -0.39 is 4.92 Å². The molecule has 1 aliphatic rings. The average Bonchev–Trinajstić information content (AvgIpc) is 2.88. The van der Waals surface area contributed by atoms with Gasteiger partial charge in [0.2, 0.25) is 0 Å². The molecule has 1 saturated heterocycles. The smallest absolute Gasteiger partial charge is 0.323 e. The van der Waals surface area contributed by atoms with E-state index in [-0.39, 0.29) is 17.7 Å². The van der Waals surface area contributed by atoms with E-state index in [1.807, 2.05) is 11.0 Å². The van der Waals surface area contributed by atoms with Crippen molar-refractivity contribution in [2.24, 2.45) is 0 Å². The molecule has 0 saturated carbocycles. The molecule has 20 heavy (non-hydrogen) atoms. The number of esters is 1. The number of ether oxygens (including phenoxy) is 1. The molecule has 0 amide bonds. The van der Waals surface area contributed by atoms with Crippen molar-refractivity contribution >= 4 is 27.6 Å². The predicted molar refractivity (Wildman–Crippen MR) is 76.2 cm³/mol. The largest absolute Gasteiger partial charge is 0.468 e. The van der Waals surface area contributed by atoms with E-state index in [1.165, 1.54) is 13.2 Å². The molecule has 1 heterocycles. The van der Waals surface area contributed by atoms with E-state index in [2.05, 4.69) is 15.9 Å². The van der Waals surface area contributed by atoms with Crippen molar-refractivity contribution in [3.05, 3.63) is 38.3 Å². The first-order valence-corrected chi connectivity index (χ1v) is 7.07. The summed E-state index contributed by atoms with van der Waals surface area (Å²) < 4.78 is 5.24. The number of carbonyl (C=O) groups is 1. The van der Waals surface area contributed by atoms with Gasteiger partial charge in [-0.1, -0.05) is 6.07 Å². The number of likely N-dealkylation sites (tertiary alicyclic amines) is 1. The Balaban J connectivity index is 2.15. The van der Waals surface area contributed by atoms with E-state index in [0.29, 0.717) is 11.0 Å². The van der Waals surface area contributed by atoms with Crippen molar-refractivity contribution in [1.29, 1.82) is 0 Å². The summed E-state index contributed by atoms with van der Waals surface area (Å²) in [5.41, 5.74) is 0.854. The van der Waals surface area contributed by atoms with Gasteiger partial charge in [-0.05, 0) is 46.9 Å². The van der Waals surface area contributed by atoms with Crippen LogP contribution >= 0.6 is 15.9 Å². The molecule has 0 radical (unpaired) electrons. The zero-order chi connectivity index (χ0) is 14.7. The second kappa shape index (κ2) is 6.32. The Bertz CT molecular complexity index is 535. The summed E-state index contributed by atoms with van der Waals surface area (Å²) in [5, 5.41) is 10.9. The number of nitro benzene ring substituents is 1. The van der Waals surface area contributed by atoms with Crippen LogP contribution in [0.25, 0.3) is 0 Å². The highest BCUT2D eigenvalue weighted by atomic mass is 79.9. The molecule has 0 N–H and O–H groups in total. The van der Waals surface area contributed by atoms with E-state index in [1.54, 1.807) is 6.07 Å². The van der Waals surface area contributed by atoms with Crippen molar-refractivity contribution in [1.82, 2.24) is 4.90 Å². The second-order valence-electron chi connectivity index (χ2n) is 4.69. The molecule has 108 valence electrons. The minimum atomic E-state index is -0.421. The molecule has 1 aliphatic heterocycles. The first kappa shape index (κ1) is 14.9. The Kier molecular flexibility index (Phi) is 4.72. The van der Waals surface area contributed by atoms with Gasteiger partial charge in [-0.2, -0.15) is 0 Å². The highest BCUT2D eigenvalue weighted by Gasteiger charge is 2.31. The van der Waals surface area contributed by atoms with E-state index in [9.17, 15) is 14.9 Å². The molecule has 0 spiro atoms. The summed E-state index contributed by atoms with van der Waals surface area (Å²) in [7, 11) is 1.38. The van der Waals surface area contributed by atoms with Gasteiger partial charge in [-0.3, -0.25) is 19.8 Å². The Labute approximate surface area is 125 Å². The molecule has 0 unspecified atom stereocenters. The van der Waals surface area contributed by atoms with Crippen LogP contribution in [0.2, 0.25) is 0 Å². The molecule has 7 heteroatoms. The number of halogens is 1. The van der Waals surface area contributed by atoms with Crippen LogP contribution in [0, 0.1) is 10.1 Å². The molecular formula is C13H15BrN2O4. The van der Waals surface area contributed by atoms with Crippen molar-refractivity contribution in [2.45, 2.75) is 25.4 Å². The zero-order valence-electron chi connectivity index (χ0n) is 11.0. The predicted octanol–water partition coefficient (Wildman–Crippen LogP) is 2.49. The van der Waals surface area contributed by atoms with E-state index >= 15 is 0 Å². The molecular weight excluding hydrogens is 328 g/mol. The van der Waals surface area contributed by atoms with Crippen LogP contribution in [0.3, 0.4) is 0 Å². The first-order valence-electron chi connectivity index (χ1n) is 6.27. The number of nitrogens with zero attached hydrogens (tertiary/aromatic N) is 2. The second-order valence-corrected chi connectivity index (χ2v) is 5.55. The monoisotopic (exact) mass is 342 g/mol. The molecule has 1 fully saturated rings. The SMILES string of the molecule is COC(=O)[C@@H]1CCCN1Cc1ccc(Br)c([N+](=O)[O-])c1. The van der Waals surface area contributed by atoms with Crippen molar-refractivity contribution < 1.29 is 14.5 Å². The third-order valence-corrected chi connectivity index (χ3v) is 4.10. The minimum absolute atomic E-state index is 0.0383. The maximum Gasteiger partial charge on any atom is 0.323 e. The van der Waals surface area contributed by atoms with Gasteiger partial charge in [0.1, 0.15) is 6.04 Å². The van der Waals surface area contributed by atoms with Crippen molar-refractivity contribution in [3.8, 4) is 0 Å². The molecule has 6 nitrogen and oxygen atoms in total. The minimum Gasteiger partial charge on any atom is -0.468 e. The maximum atomic E-state index is 11.7. The standard InChI is InChI=1S/C13H15BrN2O4/c1-20-13(17)11-3-2-6-15(11)8-9-4-5-10(14)12(7-9)16(18)19/h4-5,7,11H,2-3,6,8H2,1H3/t11-/m0/s1. The average molecular weight is 343 g/mol. The lowest BCUT2D eigenvalue weighted by molar-refractivity contribution is -0.385. The lowest BCUT2D eigenvalue weighted by Gasteiger charge is -2.22. The van der Waals surface area contributed by atoms with E-state index in [4.69, 9.17) is 4.74 Å². The summed E-state index contributed by atoms with van der Waals surface area (Å²) in [6, 6.07) is 4.78. The maximum absolute atomic E-state index is 11.7. The highest BCUT2D eigenvalue weighted by Crippen LogP contribution is 2.28. The Morgan fingerprint density at radius 1 is 1.60 bits per heavy atom. The molecule has 1 aromatic rings. The third kappa shape index (κ3) is 3.16. The zero-order valence-corrected chi connectivity index (χ0v) is 12.6. The fourth-order valence-corrected chi connectivity index (χ4v) is 2.84. The summed E-state index contributed by atoms with van der Waals surface area (Å²) in [4.78, 5) is 24.2. The van der Waals surface area contributed by atoms with Crippen LogP contribution < -0.4 is 0 Å². The summed E-state index contributed by atoms with van der Waals surface area (Å²) in [6.07, 6.45) is 1.70. The van der Waals surface area contributed by atoms with Gasteiger partial charge in [-0.15, -0.1) is 0 Å². The van der Waals surface area contributed by atoms with Gasteiger partial charge in [0.15, 0.2) is 0 Å². The van der Waals surface area contributed by atoms with Gasteiger partial charge in [-0.25, -0.2) is 0 Å². The molecule has 0 aromatic heterocycles. The fourth-order valence-electron chi connectivity index (χ4n) is 2.45. The van der Waals surface area contributed by atoms with Gasteiger partial charge in [0.25, 0.3) is 5.69 Å². The summed E-state index contributed by atoms with van der Waals surface area (Å²) in [5.74, 6) is -0.242. The van der Waals surface area contributed by atoms with Crippen LogP contribution in [0.5, 0.6) is 0 Å². The fraction of sp³-hybridized carbons (Fsp3) is 0.462. The highest BCUT2D eigenvalue weighted by molar-refractivity contribution is 9.10. The quantitative estimate of drug-likeness (QED) is 0.477. The number of hydrogen-bond acceptors (Lipinski definition) is 5. The Morgan fingerprint density at radius 3 is 3.00 bits per heavy atom. The number of nitro groups is 1. The number of methoxy groups -OCH3 is 1. The van der Waals surface area contributed by atoms with Crippen molar-refractivity contribution in [3.63, 3.8) is 0 Å². The molecule has 1 atom stereocenters. The number of rotatable bonds is 4. The van der Waals surface area contributed by atoms with Gasteiger partial charge in [0, 0.05) is 12.6 Å². The van der Waals surface area contributed by atoms with Crippen LogP contribution in [0.1, 0.15) is 18.4 Å². The molecule has 2 rings (SSSR count). The lowest BCUT2D eigenvalue weighted by Crippen LogP contribution is -2.36. The molecule has 0 aliphatic carbocycles. The van der Waals surface area contributed by atoms with Crippen LogP contribution in [-0.4, -0.2) is 35.5 Å². The Hall–Kier alpha value is -1.47. The molecule has 0 bridgehead atoms. The van der Waals surface area contributed by atoms with Crippen LogP contribution in [0.4, 0.5) is 5.69 Å². The van der Waals surface area contributed by atoms with Crippen LogP contribution in [0.15, 0.2) is 22.7 Å². The number of carbonyl (C=O) groups excluding carboxylic acids is 1. The third-order valence-electron chi connectivity index (χ3n) is 3.43. The van der Waals surface area contributed by atoms with Gasteiger partial charge in [0.05, 0.1) is 16.5 Å². The summed E-state index contributed by atoms with van der Waals surface area (Å²) >= 11 is 3.16. The normalized spacial score (nSPS) is 19.0. The first-order chi connectivity index (χ1) is 9.52. The van der Waals surface area contributed by atoms with Crippen molar-refractivity contribution in [2.75, 3.05) is 13.7 Å². The number of hydrogen-bond donors (Lipinski definition) is 0. The summed E-state index contributed by atoms with van der Waals surface area (Å²) in [6.45, 7) is 1.30. The van der Waals surface area contributed by atoms with Gasteiger partial charge < -0.3 is 4.74 Å².